The smallest absolute Gasteiger partial charge is 0.123 e. The predicted molar refractivity (Wildman–Crippen MR) is 84.2 cm³/mol. The number of aromatic nitrogens is 1. The highest BCUT2D eigenvalue weighted by molar-refractivity contribution is 7.09. The van der Waals surface area contributed by atoms with Crippen LogP contribution in [0.1, 0.15) is 10.6 Å². The third kappa shape index (κ3) is 5.91. The van der Waals surface area contributed by atoms with E-state index in [1.165, 1.54) is 6.07 Å². The van der Waals surface area contributed by atoms with Gasteiger partial charge < -0.3 is 10.1 Å². The zero-order valence-corrected chi connectivity index (χ0v) is 13.0. The summed E-state index contributed by atoms with van der Waals surface area (Å²) >= 11 is 1.67. The first-order valence-electron chi connectivity index (χ1n) is 7.10. The van der Waals surface area contributed by atoms with Gasteiger partial charge in [0.1, 0.15) is 5.82 Å². The average Bonchev–Trinajstić information content (AvgIpc) is 2.96. The molecule has 1 N–H and O–H groups in total. The van der Waals surface area contributed by atoms with Crippen LogP contribution in [0.3, 0.4) is 0 Å². The van der Waals surface area contributed by atoms with Crippen molar-refractivity contribution in [2.75, 3.05) is 26.8 Å². The maximum atomic E-state index is 13.3. The van der Waals surface area contributed by atoms with Gasteiger partial charge in [0.15, 0.2) is 0 Å². The van der Waals surface area contributed by atoms with Gasteiger partial charge in [-0.15, -0.1) is 11.3 Å². The maximum Gasteiger partial charge on any atom is 0.123 e. The molecule has 5 heteroatoms. The molecule has 0 fully saturated rings. The Kier molecular flexibility index (Phi) is 6.79. The molecule has 2 aromatic rings. The molecule has 21 heavy (non-hydrogen) atoms. The topological polar surface area (TPSA) is 34.1 Å². The molecule has 0 aliphatic heterocycles. The lowest BCUT2D eigenvalue weighted by atomic mass is 9.96. The third-order valence-electron chi connectivity index (χ3n) is 3.28. The molecule has 2 rings (SSSR count). The number of halogens is 1. The molecule has 0 spiro atoms. The summed E-state index contributed by atoms with van der Waals surface area (Å²) in [5.74, 6) is 0.225. The van der Waals surface area contributed by atoms with Crippen LogP contribution in [0, 0.1) is 11.7 Å². The standard InChI is InChI=1S/C16H21FN2OS/c1-20-7-5-18-12-14(11-16-19-6-8-21-16)9-13-3-2-4-15(17)10-13/h2-4,6,8,10,14,18H,5,7,9,11-12H2,1H3. The zero-order valence-electron chi connectivity index (χ0n) is 12.2. The molecule has 3 nitrogen and oxygen atoms in total. The van der Waals surface area contributed by atoms with Gasteiger partial charge in [0, 0.05) is 31.7 Å². The van der Waals surface area contributed by atoms with Crippen molar-refractivity contribution in [2.45, 2.75) is 12.8 Å². The van der Waals surface area contributed by atoms with Crippen molar-refractivity contribution < 1.29 is 9.13 Å². The summed E-state index contributed by atoms with van der Waals surface area (Å²) in [6.45, 7) is 2.40. The second-order valence-electron chi connectivity index (χ2n) is 5.03. The van der Waals surface area contributed by atoms with Crippen molar-refractivity contribution in [3.8, 4) is 0 Å². The summed E-state index contributed by atoms with van der Waals surface area (Å²) < 4.78 is 18.3. The fourth-order valence-electron chi connectivity index (χ4n) is 2.29. The summed E-state index contributed by atoms with van der Waals surface area (Å²) in [5.41, 5.74) is 1.03. The van der Waals surface area contributed by atoms with E-state index in [9.17, 15) is 4.39 Å². The second-order valence-corrected chi connectivity index (χ2v) is 6.01. The Labute approximate surface area is 129 Å². The van der Waals surface area contributed by atoms with Crippen molar-refractivity contribution in [1.29, 1.82) is 0 Å². The van der Waals surface area contributed by atoms with Crippen LogP contribution in [0.15, 0.2) is 35.8 Å². The first kappa shape index (κ1) is 16.1. The number of hydrogen-bond acceptors (Lipinski definition) is 4. The van der Waals surface area contributed by atoms with E-state index in [-0.39, 0.29) is 5.82 Å². The minimum Gasteiger partial charge on any atom is -0.383 e. The second kappa shape index (κ2) is 8.87. The highest BCUT2D eigenvalue weighted by atomic mass is 32.1. The summed E-state index contributed by atoms with van der Waals surface area (Å²) in [7, 11) is 1.70. The number of ether oxygens (including phenoxy) is 1. The Hall–Kier alpha value is -1.30. The SMILES string of the molecule is COCCNCC(Cc1cccc(F)c1)Cc1nccs1. The van der Waals surface area contributed by atoms with Crippen LogP contribution in [-0.4, -0.2) is 31.8 Å². The van der Waals surface area contributed by atoms with E-state index in [4.69, 9.17) is 4.74 Å². The molecule has 1 atom stereocenters. The Bertz CT molecular complexity index is 519. The van der Waals surface area contributed by atoms with Gasteiger partial charge in [-0.05, 0) is 36.6 Å². The minimum absolute atomic E-state index is 0.173. The molecule has 1 heterocycles. The quantitative estimate of drug-likeness (QED) is 0.723. The largest absolute Gasteiger partial charge is 0.383 e. The Balaban J connectivity index is 1.93. The lowest BCUT2D eigenvalue weighted by molar-refractivity contribution is 0.197. The van der Waals surface area contributed by atoms with E-state index in [0.717, 1.165) is 36.5 Å². The van der Waals surface area contributed by atoms with E-state index >= 15 is 0 Å². The Morgan fingerprint density at radius 3 is 3.00 bits per heavy atom. The van der Waals surface area contributed by atoms with Gasteiger partial charge >= 0.3 is 0 Å². The van der Waals surface area contributed by atoms with Crippen molar-refractivity contribution in [1.82, 2.24) is 10.3 Å². The van der Waals surface area contributed by atoms with Crippen molar-refractivity contribution in [3.05, 3.63) is 52.2 Å². The van der Waals surface area contributed by atoms with Gasteiger partial charge in [-0.2, -0.15) is 0 Å². The van der Waals surface area contributed by atoms with Crippen molar-refractivity contribution in [2.24, 2.45) is 5.92 Å². The molecule has 1 unspecified atom stereocenters. The molecule has 0 saturated heterocycles. The van der Waals surface area contributed by atoms with Crippen LogP contribution in [-0.2, 0) is 17.6 Å². The van der Waals surface area contributed by atoms with Gasteiger partial charge in [0.25, 0.3) is 0 Å². The number of benzene rings is 1. The summed E-state index contributed by atoms with van der Waals surface area (Å²) in [6.07, 6.45) is 3.59. The molecule has 0 radical (unpaired) electrons. The van der Waals surface area contributed by atoms with Gasteiger partial charge in [-0.25, -0.2) is 9.37 Å². The van der Waals surface area contributed by atoms with E-state index in [1.54, 1.807) is 30.6 Å². The lowest BCUT2D eigenvalue weighted by Crippen LogP contribution is -2.28. The van der Waals surface area contributed by atoms with Crippen LogP contribution in [0.4, 0.5) is 4.39 Å². The monoisotopic (exact) mass is 308 g/mol. The normalized spacial score (nSPS) is 12.5. The van der Waals surface area contributed by atoms with Gasteiger partial charge in [-0.3, -0.25) is 0 Å². The average molecular weight is 308 g/mol. The zero-order chi connectivity index (χ0) is 14.9. The number of hydrogen-bond donors (Lipinski definition) is 1. The first-order chi connectivity index (χ1) is 10.3. The predicted octanol–water partition coefficient (Wildman–Crippen LogP) is 2.92. The van der Waals surface area contributed by atoms with E-state index < -0.39 is 0 Å². The van der Waals surface area contributed by atoms with E-state index in [1.807, 2.05) is 17.6 Å². The molecule has 0 aliphatic carbocycles. The minimum atomic E-state index is -0.173. The van der Waals surface area contributed by atoms with Gasteiger partial charge in [-0.1, -0.05) is 12.1 Å². The molecule has 1 aromatic heterocycles. The van der Waals surface area contributed by atoms with Gasteiger partial charge in [0.2, 0.25) is 0 Å². The third-order valence-corrected chi connectivity index (χ3v) is 4.08. The highest BCUT2D eigenvalue weighted by Crippen LogP contribution is 2.16. The van der Waals surface area contributed by atoms with Crippen molar-refractivity contribution in [3.63, 3.8) is 0 Å². The first-order valence-corrected chi connectivity index (χ1v) is 7.98. The fourth-order valence-corrected chi connectivity index (χ4v) is 3.03. The number of thiazole rings is 1. The molecule has 0 bridgehead atoms. The molecule has 0 aliphatic rings. The number of methoxy groups -OCH3 is 1. The lowest BCUT2D eigenvalue weighted by Gasteiger charge is -2.17. The Morgan fingerprint density at radius 2 is 2.29 bits per heavy atom. The van der Waals surface area contributed by atoms with Crippen LogP contribution in [0.5, 0.6) is 0 Å². The van der Waals surface area contributed by atoms with Crippen LogP contribution in [0.2, 0.25) is 0 Å². The summed E-state index contributed by atoms with van der Waals surface area (Å²) in [4.78, 5) is 4.35. The van der Waals surface area contributed by atoms with E-state index in [0.29, 0.717) is 12.5 Å². The molecular formula is C16H21FN2OS. The maximum absolute atomic E-state index is 13.3. The molecule has 1 aromatic carbocycles. The fraction of sp³-hybridized carbons (Fsp3) is 0.438. The summed E-state index contributed by atoms with van der Waals surface area (Å²) in [5, 5.41) is 6.51. The molecule has 114 valence electrons. The molecular weight excluding hydrogens is 287 g/mol. The number of nitrogens with one attached hydrogen (secondary N) is 1. The highest BCUT2D eigenvalue weighted by Gasteiger charge is 2.12. The van der Waals surface area contributed by atoms with Gasteiger partial charge in [0.05, 0.1) is 11.6 Å². The number of nitrogens with zero attached hydrogens (tertiary/aromatic N) is 1. The number of rotatable bonds is 9. The Morgan fingerprint density at radius 1 is 1.38 bits per heavy atom. The van der Waals surface area contributed by atoms with Crippen LogP contribution < -0.4 is 5.32 Å². The van der Waals surface area contributed by atoms with Crippen LogP contribution in [0.25, 0.3) is 0 Å². The van der Waals surface area contributed by atoms with Crippen LogP contribution >= 0.6 is 11.3 Å². The molecule has 0 amide bonds. The molecule has 0 saturated carbocycles. The van der Waals surface area contributed by atoms with E-state index in [2.05, 4.69) is 10.3 Å². The summed E-state index contributed by atoms with van der Waals surface area (Å²) in [6, 6.07) is 6.84. The van der Waals surface area contributed by atoms with Crippen molar-refractivity contribution >= 4 is 11.3 Å².